The summed E-state index contributed by atoms with van der Waals surface area (Å²) in [6.45, 7) is 6.06. The average Bonchev–Trinajstić information content (AvgIpc) is 2.57. The molecular formula is C17H20N2O2S. The van der Waals surface area contributed by atoms with Crippen LogP contribution in [0.15, 0.2) is 41.3 Å². The lowest BCUT2D eigenvalue weighted by molar-refractivity contribution is -0.119. The number of rotatable bonds is 5. The summed E-state index contributed by atoms with van der Waals surface area (Å²) in [4.78, 5) is 13.8. The van der Waals surface area contributed by atoms with E-state index in [1.807, 2.05) is 24.0 Å². The van der Waals surface area contributed by atoms with Crippen LogP contribution in [-0.2, 0) is 4.79 Å². The molecule has 1 heterocycles. The Bertz CT molecular complexity index is 654. The Labute approximate surface area is 135 Å². The van der Waals surface area contributed by atoms with E-state index in [1.54, 1.807) is 11.9 Å². The predicted octanol–water partition coefficient (Wildman–Crippen LogP) is 3.02. The highest BCUT2D eigenvalue weighted by Gasteiger charge is 2.17. The second kappa shape index (κ2) is 7.03. The van der Waals surface area contributed by atoms with Crippen LogP contribution in [0.3, 0.4) is 0 Å². The van der Waals surface area contributed by atoms with Crippen LogP contribution in [0, 0.1) is 0 Å². The molecule has 1 aliphatic rings. The summed E-state index contributed by atoms with van der Waals surface area (Å²) in [6.07, 6.45) is 0.939. The molecule has 0 radical (unpaired) electrons. The van der Waals surface area contributed by atoms with Gasteiger partial charge in [-0.2, -0.15) is 0 Å². The van der Waals surface area contributed by atoms with Crippen molar-refractivity contribution >= 4 is 29.1 Å². The molecule has 1 fully saturated rings. The molecule has 0 bridgehead atoms. The van der Waals surface area contributed by atoms with Gasteiger partial charge in [-0.1, -0.05) is 24.3 Å². The van der Waals surface area contributed by atoms with Gasteiger partial charge in [0.2, 0.25) is 6.41 Å². The first-order valence-corrected chi connectivity index (χ1v) is 8.36. The zero-order chi connectivity index (χ0) is 15.4. The van der Waals surface area contributed by atoms with E-state index >= 15 is 0 Å². The van der Waals surface area contributed by atoms with Crippen LogP contribution < -0.4 is 4.74 Å². The summed E-state index contributed by atoms with van der Waals surface area (Å²) in [5, 5.41) is 2.37. The summed E-state index contributed by atoms with van der Waals surface area (Å²) in [7, 11) is 0. The van der Waals surface area contributed by atoms with Crippen molar-refractivity contribution in [1.82, 2.24) is 9.21 Å². The van der Waals surface area contributed by atoms with Gasteiger partial charge < -0.3 is 9.64 Å². The number of amides is 1. The van der Waals surface area contributed by atoms with Gasteiger partial charge in [0, 0.05) is 41.8 Å². The molecule has 2 aromatic rings. The molecule has 0 aromatic heterocycles. The van der Waals surface area contributed by atoms with Gasteiger partial charge in [-0.3, -0.25) is 4.79 Å². The highest BCUT2D eigenvalue weighted by Crippen LogP contribution is 2.34. The van der Waals surface area contributed by atoms with E-state index < -0.39 is 0 Å². The molecule has 4 nitrogen and oxygen atoms in total. The van der Waals surface area contributed by atoms with Gasteiger partial charge in [0.05, 0.1) is 6.61 Å². The molecule has 0 saturated carbocycles. The first-order chi connectivity index (χ1) is 10.8. The normalized spacial score (nSPS) is 16.0. The third kappa shape index (κ3) is 3.20. The Morgan fingerprint density at radius 3 is 2.55 bits per heavy atom. The van der Waals surface area contributed by atoms with Crippen molar-refractivity contribution in [3.63, 3.8) is 0 Å². The summed E-state index contributed by atoms with van der Waals surface area (Å²) in [6, 6.07) is 12.5. The minimum absolute atomic E-state index is 0.671. The Balaban J connectivity index is 1.82. The van der Waals surface area contributed by atoms with Crippen LogP contribution in [0.5, 0.6) is 5.75 Å². The summed E-state index contributed by atoms with van der Waals surface area (Å²) >= 11 is 1.77. The minimum atomic E-state index is 0.671. The fourth-order valence-electron chi connectivity index (χ4n) is 2.65. The monoisotopic (exact) mass is 316 g/mol. The molecule has 1 amide bonds. The number of hydrogen-bond acceptors (Lipinski definition) is 4. The van der Waals surface area contributed by atoms with E-state index in [2.05, 4.69) is 28.6 Å². The van der Waals surface area contributed by atoms with Crippen molar-refractivity contribution in [2.45, 2.75) is 11.8 Å². The van der Waals surface area contributed by atoms with Crippen LogP contribution in [0.1, 0.15) is 6.92 Å². The van der Waals surface area contributed by atoms with Gasteiger partial charge in [0.1, 0.15) is 5.75 Å². The van der Waals surface area contributed by atoms with Crippen molar-refractivity contribution in [2.24, 2.45) is 0 Å². The molecule has 5 heteroatoms. The standard InChI is InChI=1S/C17H20N2O2S/c1-2-21-16-7-3-6-15-14(16)5-4-8-17(15)22-19-11-9-18(13-20)10-12-19/h3-8,13H,2,9-12H2,1H3. The first kappa shape index (κ1) is 15.2. The molecule has 1 aliphatic heterocycles. The SMILES string of the molecule is CCOc1cccc2c(SN3CCN(C=O)CC3)cccc12. The van der Waals surface area contributed by atoms with Crippen LogP contribution in [0.4, 0.5) is 0 Å². The lowest BCUT2D eigenvalue weighted by Crippen LogP contribution is -2.42. The van der Waals surface area contributed by atoms with Gasteiger partial charge in [-0.15, -0.1) is 0 Å². The van der Waals surface area contributed by atoms with Crippen molar-refractivity contribution in [3.8, 4) is 5.75 Å². The maximum atomic E-state index is 10.8. The van der Waals surface area contributed by atoms with Gasteiger partial charge in [0.15, 0.2) is 0 Å². The van der Waals surface area contributed by atoms with E-state index in [0.717, 1.165) is 43.7 Å². The maximum absolute atomic E-state index is 10.8. The average molecular weight is 316 g/mol. The third-order valence-electron chi connectivity index (χ3n) is 3.79. The Morgan fingerprint density at radius 1 is 1.09 bits per heavy atom. The number of piperazine rings is 1. The van der Waals surface area contributed by atoms with E-state index in [9.17, 15) is 4.79 Å². The van der Waals surface area contributed by atoms with Crippen molar-refractivity contribution in [1.29, 1.82) is 0 Å². The van der Waals surface area contributed by atoms with E-state index in [0.29, 0.717) is 6.61 Å². The van der Waals surface area contributed by atoms with Crippen molar-refractivity contribution in [3.05, 3.63) is 36.4 Å². The molecule has 0 aliphatic carbocycles. The highest BCUT2D eigenvalue weighted by atomic mass is 32.2. The van der Waals surface area contributed by atoms with E-state index in [4.69, 9.17) is 4.74 Å². The van der Waals surface area contributed by atoms with Crippen LogP contribution in [0.25, 0.3) is 10.8 Å². The number of nitrogens with zero attached hydrogens (tertiary/aromatic N) is 2. The number of fused-ring (bicyclic) bond motifs is 1. The Morgan fingerprint density at radius 2 is 1.82 bits per heavy atom. The zero-order valence-corrected chi connectivity index (χ0v) is 13.5. The van der Waals surface area contributed by atoms with E-state index in [-0.39, 0.29) is 0 Å². The molecular weight excluding hydrogens is 296 g/mol. The predicted molar refractivity (Wildman–Crippen MR) is 90.2 cm³/mol. The van der Waals surface area contributed by atoms with Crippen molar-refractivity contribution in [2.75, 3.05) is 32.8 Å². The second-order valence-electron chi connectivity index (χ2n) is 5.20. The lowest BCUT2D eigenvalue weighted by Gasteiger charge is -2.31. The topological polar surface area (TPSA) is 32.8 Å². The minimum Gasteiger partial charge on any atom is -0.493 e. The second-order valence-corrected chi connectivity index (χ2v) is 6.34. The molecule has 0 N–H and O–H groups in total. The lowest BCUT2D eigenvalue weighted by atomic mass is 10.1. The highest BCUT2D eigenvalue weighted by molar-refractivity contribution is 7.97. The summed E-state index contributed by atoms with van der Waals surface area (Å²) in [5.41, 5.74) is 0. The van der Waals surface area contributed by atoms with E-state index in [1.165, 1.54) is 10.3 Å². The fraction of sp³-hybridized carbons (Fsp3) is 0.353. The van der Waals surface area contributed by atoms with Gasteiger partial charge in [-0.05, 0) is 31.0 Å². The molecule has 0 spiro atoms. The molecule has 0 atom stereocenters. The fourth-order valence-corrected chi connectivity index (χ4v) is 3.69. The first-order valence-electron chi connectivity index (χ1n) is 7.58. The van der Waals surface area contributed by atoms with Crippen molar-refractivity contribution < 1.29 is 9.53 Å². The zero-order valence-electron chi connectivity index (χ0n) is 12.7. The number of carbonyl (C=O) groups excluding carboxylic acids is 1. The smallest absolute Gasteiger partial charge is 0.209 e. The van der Waals surface area contributed by atoms with Gasteiger partial charge >= 0.3 is 0 Å². The van der Waals surface area contributed by atoms with Crippen LogP contribution in [0.2, 0.25) is 0 Å². The number of benzene rings is 2. The number of ether oxygens (including phenoxy) is 1. The molecule has 116 valence electrons. The largest absolute Gasteiger partial charge is 0.493 e. The Kier molecular flexibility index (Phi) is 4.85. The Hall–Kier alpha value is -1.72. The third-order valence-corrected chi connectivity index (χ3v) is 4.97. The van der Waals surface area contributed by atoms with Gasteiger partial charge in [0.25, 0.3) is 0 Å². The molecule has 0 unspecified atom stereocenters. The number of hydrogen-bond donors (Lipinski definition) is 0. The quantitative estimate of drug-likeness (QED) is 0.627. The summed E-state index contributed by atoms with van der Waals surface area (Å²) in [5.74, 6) is 0.938. The van der Waals surface area contributed by atoms with Crippen LogP contribution >= 0.6 is 11.9 Å². The molecule has 3 rings (SSSR count). The number of carbonyl (C=O) groups is 1. The maximum Gasteiger partial charge on any atom is 0.209 e. The van der Waals surface area contributed by atoms with Crippen LogP contribution in [-0.4, -0.2) is 48.4 Å². The molecule has 2 aromatic carbocycles. The van der Waals surface area contributed by atoms with Gasteiger partial charge in [-0.25, -0.2) is 4.31 Å². The molecule has 1 saturated heterocycles. The summed E-state index contributed by atoms with van der Waals surface area (Å²) < 4.78 is 8.05. The molecule has 22 heavy (non-hydrogen) atoms.